The average Bonchev–Trinajstić information content (AvgIpc) is 2.42. The van der Waals surface area contributed by atoms with E-state index in [-0.39, 0.29) is 12.5 Å². The van der Waals surface area contributed by atoms with Gasteiger partial charge in [-0.15, -0.1) is 0 Å². The molecule has 0 fully saturated rings. The summed E-state index contributed by atoms with van der Waals surface area (Å²) < 4.78 is 10.5. The lowest BCUT2D eigenvalue weighted by molar-refractivity contribution is -0.143. The number of carbonyl (C=O) groups excluding carboxylic acids is 1. The van der Waals surface area contributed by atoms with Crippen molar-refractivity contribution < 1.29 is 24.2 Å². The molecule has 1 amide bonds. The van der Waals surface area contributed by atoms with Crippen molar-refractivity contribution in [1.82, 2.24) is 5.32 Å². The molecule has 0 saturated carbocycles. The lowest BCUT2D eigenvalue weighted by Gasteiger charge is -2.18. The number of amides is 1. The summed E-state index contributed by atoms with van der Waals surface area (Å²) in [5, 5.41) is 11.4. The summed E-state index contributed by atoms with van der Waals surface area (Å²) in [7, 11) is 1.58. The van der Waals surface area contributed by atoms with Crippen LogP contribution in [0.15, 0.2) is 18.2 Å². The van der Waals surface area contributed by atoms with Crippen molar-refractivity contribution in [3.63, 3.8) is 0 Å². The van der Waals surface area contributed by atoms with Crippen LogP contribution in [0, 0.1) is 12.8 Å². The molecule has 1 rings (SSSR count). The molecule has 0 aliphatic rings. The minimum absolute atomic E-state index is 0.199. The van der Waals surface area contributed by atoms with Gasteiger partial charge in [0.1, 0.15) is 17.5 Å². The maximum atomic E-state index is 11.7. The van der Waals surface area contributed by atoms with Gasteiger partial charge in [-0.3, -0.25) is 4.79 Å². The molecule has 0 aliphatic heterocycles. The summed E-state index contributed by atoms with van der Waals surface area (Å²) in [6, 6.07) is 4.27. The van der Waals surface area contributed by atoms with E-state index in [9.17, 15) is 9.59 Å². The molecule has 0 unspecified atom stereocenters. The van der Waals surface area contributed by atoms with E-state index in [1.165, 1.54) is 0 Å². The molecule has 6 heteroatoms. The zero-order chi connectivity index (χ0) is 16.0. The van der Waals surface area contributed by atoms with E-state index in [0.29, 0.717) is 5.75 Å². The van der Waals surface area contributed by atoms with Crippen molar-refractivity contribution in [3.05, 3.63) is 23.8 Å². The van der Waals surface area contributed by atoms with E-state index in [0.717, 1.165) is 11.3 Å². The van der Waals surface area contributed by atoms with Crippen LogP contribution in [-0.4, -0.2) is 36.7 Å². The predicted octanol–water partition coefficient (Wildman–Crippen LogP) is 1.61. The van der Waals surface area contributed by atoms with Gasteiger partial charge in [0.25, 0.3) is 5.91 Å². The Morgan fingerprint density at radius 1 is 1.33 bits per heavy atom. The zero-order valence-corrected chi connectivity index (χ0v) is 12.7. The number of carbonyl (C=O) groups is 2. The minimum Gasteiger partial charge on any atom is -0.496 e. The Bertz CT molecular complexity index is 513. The Hall–Kier alpha value is -2.24. The minimum atomic E-state index is -1.06. The fraction of sp³-hybridized carbons (Fsp3) is 0.467. The number of hydrogen-bond donors (Lipinski definition) is 2. The van der Waals surface area contributed by atoms with Crippen molar-refractivity contribution in [3.8, 4) is 11.5 Å². The highest BCUT2D eigenvalue weighted by Gasteiger charge is 2.23. The van der Waals surface area contributed by atoms with E-state index >= 15 is 0 Å². The van der Waals surface area contributed by atoms with Crippen LogP contribution >= 0.6 is 0 Å². The van der Waals surface area contributed by atoms with Gasteiger partial charge >= 0.3 is 5.97 Å². The summed E-state index contributed by atoms with van der Waals surface area (Å²) in [4.78, 5) is 22.7. The second-order valence-corrected chi connectivity index (χ2v) is 5.05. The molecular weight excluding hydrogens is 274 g/mol. The summed E-state index contributed by atoms with van der Waals surface area (Å²) in [5.74, 6) is -0.463. The van der Waals surface area contributed by atoms with Crippen LogP contribution in [0.4, 0.5) is 0 Å². The average molecular weight is 295 g/mol. The molecule has 21 heavy (non-hydrogen) atoms. The number of carboxylic acid groups (broad SMARTS) is 1. The fourth-order valence-corrected chi connectivity index (χ4v) is 1.82. The second kappa shape index (κ2) is 7.52. The molecule has 1 atom stereocenters. The highest BCUT2D eigenvalue weighted by atomic mass is 16.5. The molecule has 6 nitrogen and oxygen atoms in total. The van der Waals surface area contributed by atoms with Crippen molar-refractivity contribution in [2.24, 2.45) is 5.92 Å². The topological polar surface area (TPSA) is 84.9 Å². The molecule has 0 aromatic heterocycles. The van der Waals surface area contributed by atoms with Crippen molar-refractivity contribution in [1.29, 1.82) is 0 Å². The van der Waals surface area contributed by atoms with Gasteiger partial charge < -0.3 is 19.9 Å². The molecule has 2 N–H and O–H groups in total. The Morgan fingerprint density at radius 3 is 2.48 bits per heavy atom. The number of aryl methyl sites for hydroxylation is 1. The van der Waals surface area contributed by atoms with Gasteiger partial charge in [0.2, 0.25) is 0 Å². The first-order valence-electron chi connectivity index (χ1n) is 6.64. The lowest BCUT2D eigenvalue weighted by atomic mass is 10.1. The molecule has 1 aromatic carbocycles. The lowest BCUT2D eigenvalue weighted by Crippen LogP contribution is -2.46. The molecular formula is C15H21NO5. The van der Waals surface area contributed by atoms with Gasteiger partial charge in [0.05, 0.1) is 7.11 Å². The van der Waals surface area contributed by atoms with Crippen molar-refractivity contribution in [2.45, 2.75) is 26.8 Å². The molecule has 0 spiro atoms. The maximum absolute atomic E-state index is 11.7. The summed E-state index contributed by atoms with van der Waals surface area (Å²) in [6.45, 7) is 5.09. The number of nitrogens with one attached hydrogen (secondary N) is 1. The number of rotatable bonds is 7. The molecule has 1 aromatic rings. The first-order chi connectivity index (χ1) is 9.85. The van der Waals surface area contributed by atoms with Gasteiger partial charge in [-0.25, -0.2) is 4.79 Å². The number of ether oxygens (including phenoxy) is 2. The van der Waals surface area contributed by atoms with E-state index in [4.69, 9.17) is 14.6 Å². The Balaban J connectivity index is 2.56. The molecule has 116 valence electrons. The number of hydrogen-bond acceptors (Lipinski definition) is 4. The molecule has 0 aliphatic carbocycles. The first kappa shape index (κ1) is 16.8. The van der Waals surface area contributed by atoms with Crippen LogP contribution in [0.1, 0.15) is 19.4 Å². The van der Waals surface area contributed by atoms with Crippen LogP contribution in [0.5, 0.6) is 11.5 Å². The highest BCUT2D eigenvalue weighted by Crippen LogP contribution is 2.22. The van der Waals surface area contributed by atoms with Crippen LogP contribution in [-0.2, 0) is 9.59 Å². The van der Waals surface area contributed by atoms with E-state index in [1.54, 1.807) is 39.2 Å². The van der Waals surface area contributed by atoms with Crippen molar-refractivity contribution in [2.75, 3.05) is 13.7 Å². The Morgan fingerprint density at radius 2 is 2.00 bits per heavy atom. The third-order valence-corrected chi connectivity index (χ3v) is 2.99. The Kier molecular flexibility index (Phi) is 6.02. The quantitative estimate of drug-likeness (QED) is 0.798. The zero-order valence-electron chi connectivity index (χ0n) is 12.7. The third-order valence-electron chi connectivity index (χ3n) is 2.99. The second-order valence-electron chi connectivity index (χ2n) is 5.05. The predicted molar refractivity (Wildman–Crippen MR) is 77.6 cm³/mol. The van der Waals surface area contributed by atoms with Crippen LogP contribution in [0.2, 0.25) is 0 Å². The maximum Gasteiger partial charge on any atom is 0.326 e. The monoisotopic (exact) mass is 295 g/mol. The highest BCUT2D eigenvalue weighted by molar-refractivity contribution is 5.84. The normalized spacial score (nSPS) is 11.9. The van der Waals surface area contributed by atoms with Gasteiger partial charge in [-0.2, -0.15) is 0 Å². The summed E-state index contributed by atoms with van der Waals surface area (Å²) in [5.41, 5.74) is 0.890. The SMILES string of the molecule is COc1ccc(OCC(=O)N[C@H](C(=O)O)C(C)C)cc1C. The van der Waals surface area contributed by atoms with Gasteiger partial charge in [-0.1, -0.05) is 13.8 Å². The first-order valence-corrected chi connectivity index (χ1v) is 6.64. The standard InChI is InChI=1S/C15H21NO5/c1-9(2)14(15(18)19)16-13(17)8-21-11-5-6-12(20-4)10(3)7-11/h5-7,9,14H,8H2,1-4H3,(H,16,17)(H,18,19)/t14-/m0/s1. The number of methoxy groups -OCH3 is 1. The molecule has 0 bridgehead atoms. The van der Waals surface area contributed by atoms with E-state index in [2.05, 4.69) is 5.32 Å². The fourth-order valence-electron chi connectivity index (χ4n) is 1.82. The molecule has 0 heterocycles. The molecule has 0 radical (unpaired) electrons. The summed E-state index contributed by atoms with van der Waals surface area (Å²) in [6.07, 6.45) is 0. The molecule has 0 saturated heterocycles. The van der Waals surface area contributed by atoms with E-state index in [1.807, 2.05) is 6.92 Å². The van der Waals surface area contributed by atoms with Gasteiger partial charge in [0.15, 0.2) is 6.61 Å². The number of aliphatic carboxylic acids is 1. The smallest absolute Gasteiger partial charge is 0.326 e. The van der Waals surface area contributed by atoms with Gasteiger partial charge in [-0.05, 0) is 36.6 Å². The van der Waals surface area contributed by atoms with Crippen LogP contribution in [0.25, 0.3) is 0 Å². The third kappa shape index (κ3) is 4.98. The summed E-state index contributed by atoms with van der Waals surface area (Å²) >= 11 is 0. The van der Waals surface area contributed by atoms with Crippen molar-refractivity contribution >= 4 is 11.9 Å². The van der Waals surface area contributed by atoms with Crippen LogP contribution < -0.4 is 14.8 Å². The number of carboxylic acids is 1. The van der Waals surface area contributed by atoms with Gasteiger partial charge in [0, 0.05) is 0 Å². The van der Waals surface area contributed by atoms with Crippen LogP contribution in [0.3, 0.4) is 0 Å². The number of benzene rings is 1. The van der Waals surface area contributed by atoms with E-state index < -0.39 is 17.9 Å². The largest absolute Gasteiger partial charge is 0.496 e. The Labute approximate surface area is 124 Å².